The van der Waals surface area contributed by atoms with Crippen LogP contribution in [0.2, 0.25) is 5.02 Å². The van der Waals surface area contributed by atoms with Gasteiger partial charge >= 0.3 is 0 Å². The number of pyridine rings is 2. The average molecular weight is 430 g/mol. The third kappa shape index (κ3) is 3.85. The quantitative estimate of drug-likeness (QED) is 0.624. The van der Waals surface area contributed by atoms with Gasteiger partial charge in [0, 0.05) is 41.5 Å². The lowest BCUT2D eigenvalue weighted by molar-refractivity contribution is 0.0941. The molecule has 1 amide bonds. The van der Waals surface area contributed by atoms with E-state index in [1.165, 1.54) is 6.07 Å². The molecule has 4 rings (SSSR count). The predicted octanol–water partition coefficient (Wildman–Crippen LogP) is 4.55. The van der Waals surface area contributed by atoms with E-state index in [0.29, 0.717) is 16.6 Å². The molecule has 0 bridgehead atoms. The van der Waals surface area contributed by atoms with Crippen LogP contribution in [0, 0.1) is 11.6 Å². The topological polar surface area (TPSA) is 64.1 Å². The monoisotopic (exact) mass is 429 g/mol. The van der Waals surface area contributed by atoms with Gasteiger partial charge in [0.15, 0.2) is 0 Å². The van der Waals surface area contributed by atoms with E-state index in [0.717, 1.165) is 36.1 Å². The Kier molecular flexibility index (Phi) is 5.39. The van der Waals surface area contributed by atoms with E-state index in [9.17, 15) is 13.6 Å². The molecule has 1 aliphatic carbocycles. The molecule has 0 aliphatic heterocycles. The first-order valence-electron chi connectivity index (χ1n) is 9.32. The maximum absolute atomic E-state index is 13.8. The van der Waals surface area contributed by atoms with Crippen LogP contribution in [0.5, 0.6) is 5.88 Å². The summed E-state index contributed by atoms with van der Waals surface area (Å²) in [4.78, 5) is 21.0. The van der Waals surface area contributed by atoms with Crippen molar-refractivity contribution in [2.24, 2.45) is 0 Å². The third-order valence-electron chi connectivity index (χ3n) is 5.25. The van der Waals surface area contributed by atoms with E-state index in [1.54, 1.807) is 31.6 Å². The molecular weight excluding hydrogens is 412 g/mol. The number of hydrogen-bond donors (Lipinski definition) is 1. The van der Waals surface area contributed by atoms with E-state index >= 15 is 0 Å². The smallest absolute Gasteiger partial charge is 0.257 e. The minimum atomic E-state index is -0.897. The van der Waals surface area contributed by atoms with Gasteiger partial charge in [-0.25, -0.2) is 13.8 Å². The molecule has 1 aromatic carbocycles. The Morgan fingerprint density at radius 2 is 1.83 bits per heavy atom. The number of benzene rings is 1. The Hall–Kier alpha value is -3.06. The van der Waals surface area contributed by atoms with Gasteiger partial charge in [-0.1, -0.05) is 17.7 Å². The molecule has 2 heterocycles. The van der Waals surface area contributed by atoms with Crippen molar-refractivity contribution >= 4 is 17.5 Å². The number of halogens is 3. The van der Waals surface area contributed by atoms with Gasteiger partial charge in [0.05, 0.1) is 17.8 Å². The van der Waals surface area contributed by atoms with Crippen molar-refractivity contribution in [1.82, 2.24) is 15.3 Å². The van der Waals surface area contributed by atoms with Crippen LogP contribution in [0.15, 0.2) is 48.8 Å². The van der Waals surface area contributed by atoms with E-state index in [2.05, 4.69) is 15.3 Å². The molecule has 154 valence electrons. The molecule has 0 unspecified atom stereocenters. The Labute approximate surface area is 177 Å². The zero-order chi connectivity index (χ0) is 21.3. The van der Waals surface area contributed by atoms with Gasteiger partial charge in [-0.2, -0.15) is 0 Å². The number of carbonyl (C=O) groups excluding carboxylic acids is 1. The zero-order valence-electron chi connectivity index (χ0n) is 16.1. The van der Waals surface area contributed by atoms with Crippen molar-refractivity contribution in [3.8, 4) is 17.0 Å². The summed E-state index contributed by atoms with van der Waals surface area (Å²) in [6, 6.07) is 8.72. The van der Waals surface area contributed by atoms with E-state index < -0.39 is 28.5 Å². The summed E-state index contributed by atoms with van der Waals surface area (Å²) in [7, 11) is 1.55. The minimum absolute atomic E-state index is 0.190. The Morgan fingerprint density at radius 3 is 2.40 bits per heavy atom. The molecule has 0 spiro atoms. The van der Waals surface area contributed by atoms with Crippen LogP contribution in [-0.2, 0) is 5.41 Å². The molecule has 0 radical (unpaired) electrons. The number of amides is 1. The second-order valence-corrected chi connectivity index (χ2v) is 7.61. The highest BCUT2D eigenvalue weighted by Crippen LogP contribution is 2.49. The molecule has 1 N–H and O–H groups in total. The van der Waals surface area contributed by atoms with Crippen LogP contribution in [0.3, 0.4) is 0 Å². The lowest BCUT2D eigenvalue weighted by Crippen LogP contribution is -2.34. The fourth-order valence-corrected chi connectivity index (χ4v) is 3.73. The lowest BCUT2D eigenvalue weighted by atomic mass is 9.99. The van der Waals surface area contributed by atoms with Gasteiger partial charge < -0.3 is 10.1 Å². The van der Waals surface area contributed by atoms with Crippen molar-refractivity contribution in [1.29, 1.82) is 0 Å². The first kappa shape index (κ1) is 20.2. The van der Waals surface area contributed by atoms with Crippen molar-refractivity contribution < 1.29 is 18.3 Å². The number of aromatic nitrogens is 2. The number of methoxy groups -OCH3 is 1. The standard InChI is InChI=1S/C22H18ClF2N3O2/c1-30-18-6-5-13(10-26-18)14-9-15(23)20(27-11-14)22(7-8-22)12-28-21(29)19-16(24)3-2-4-17(19)25/h2-6,9-11H,7-8,12H2,1H3,(H,28,29). The maximum atomic E-state index is 13.8. The number of nitrogens with zero attached hydrogens (tertiary/aromatic N) is 2. The molecule has 8 heteroatoms. The van der Waals surface area contributed by atoms with Gasteiger partial charge in [-0.15, -0.1) is 0 Å². The summed E-state index contributed by atoms with van der Waals surface area (Å²) < 4.78 is 32.7. The Bertz CT molecular complexity index is 1080. The minimum Gasteiger partial charge on any atom is -0.481 e. The lowest BCUT2D eigenvalue weighted by Gasteiger charge is -2.18. The number of hydrogen-bond acceptors (Lipinski definition) is 4. The van der Waals surface area contributed by atoms with Gasteiger partial charge in [0.25, 0.3) is 5.91 Å². The molecule has 1 aliphatic rings. The zero-order valence-corrected chi connectivity index (χ0v) is 16.8. The molecule has 3 aromatic rings. The molecule has 2 aromatic heterocycles. The van der Waals surface area contributed by atoms with E-state index in [4.69, 9.17) is 16.3 Å². The summed E-state index contributed by atoms with van der Waals surface area (Å²) >= 11 is 6.50. The Balaban J connectivity index is 1.51. The second kappa shape index (κ2) is 7.99. The highest BCUT2D eigenvalue weighted by atomic mass is 35.5. The van der Waals surface area contributed by atoms with Crippen molar-refractivity contribution in [3.63, 3.8) is 0 Å². The first-order chi connectivity index (χ1) is 14.4. The number of nitrogens with one attached hydrogen (secondary N) is 1. The van der Waals surface area contributed by atoms with Crippen LogP contribution >= 0.6 is 11.6 Å². The SMILES string of the molecule is COc1ccc(-c2cnc(C3(CNC(=O)c4c(F)cccc4F)CC3)c(Cl)c2)cn1. The van der Waals surface area contributed by atoms with Crippen LogP contribution in [0.1, 0.15) is 28.9 Å². The van der Waals surface area contributed by atoms with Gasteiger partial charge in [-0.05, 0) is 37.1 Å². The number of ether oxygens (including phenoxy) is 1. The largest absolute Gasteiger partial charge is 0.481 e. The normalized spacial score (nSPS) is 14.3. The third-order valence-corrected chi connectivity index (χ3v) is 5.54. The van der Waals surface area contributed by atoms with Crippen molar-refractivity contribution in [3.05, 3.63) is 76.7 Å². The van der Waals surface area contributed by atoms with Gasteiger partial charge in [0.1, 0.15) is 17.2 Å². The number of carbonyl (C=O) groups is 1. The average Bonchev–Trinajstić information content (AvgIpc) is 3.53. The molecule has 1 fully saturated rings. The maximum Gasteiger partial charge on any atom is 0.257 e. The molecule has 30 heavy (non-hydrogen) atoms. The van der Waals surface area contributed by atoms with Crippen molar-refractivity contribution in [2.75, 3.05) is 13.7 Å². The summed E-state index contributed by atoms with van der Waals surface area (Å²) in [6.45, 7) is 0.190. The molecule has 1 saturated carbocycles. The summed E-state index contributed by atoms with van der Waals surface area (Å²) in [5, 5.41) is 3.09. The van der Waals surface area contributed by atoms with E-state index in [1.807, 2.05) is 6.07 Å². The summed E-state index contributed by atoms with van der Waals surface area (Å²) in [5.41, 5.74) is 1.26. The van der Waals surface area contributed by atoms with Crippen LogP contribution in [0.25, 0.3) is 11.1 Å². The van der Waals surface area contributed by atoms with Crippen molar-refractivity contribution in [2.45, 2.75) is 18.3 Å². The van der Waals surface area contributed by atoms with Crippen LogP contribution < -0.4 is 10.1 Å². The highest BCUT2D eigenvalue weighted by molar-refractivity contribution is 6.31. The van der Waals surface area contributed by atoms with Crippen LogP contribution in [0.4, 0.5) is 8.78 Å². The molecular formula is C22H18ClF2N3O2. The fraction of sp³-hybridized carbons (Fsp3) is 0.227. The molecule has 5 nitrogen and oxygen atoms in total. The molecule has 0 atom stereocenters. The first-order valence-corrected chi connectivity index (χ1v) is 9.70. The fourth-order valence-electron chi connectivity index (χ4n) is 3.36. The highest BCUT2D eigenvalue weighted by Gasteiger charge is 2.47. The van der Waals surface area contributed by atoms with Gasteiger partial charge in [0.2, 0.25) is 5.88 Å². The van der Waals surface area contributed by atoms with E-state index in [-0.39, 0.29) is 6.54 Å². The summed E-state index contributed by atoms with van der Waals surface area (Å²) in [5.74, 6) is -2.08. The number of rotatable bonds is 6. The summed E-state index contributed by atoms with van der Waals surface area (Å²) in [6.07, 6.45) is 4.90. The van der Waals surface area contributed by atoms with Crippen LogP contribution in [-0.4, -0.2) is 29.5 Å². The second-order valence-electron chi connectivity index (χ2n) is 7.20. The molecule has 0 saturated heterocycles. The van der Waals surface area contributed by atoms with Gasteiger partial charge in [-0.3, -0.25) is 9.78 Å². The predicted molar refractivity (Wildman–Crippen MR) is 109 cm³/mol. The Morgan fingerprint density at radius 1 is 1.13 bits per heavy atom.